The zero-order valence-electron chi connectivity index (χ0n) is 9.60. The quantitative estimate of drug-likeness (QED) is 0.609. The molecule has 2 aliphatic rings. The number of hydrogen-bond donors (Lipinski definition) is 3. The van der Waals surface area contributed by atoms with Crippen LogP contribution in [-0.2, 0) is 0 Å². The van der Waals surface area contributed by atoms with Crippen LogP contribution >= 0.6 is 0 Å². The Kier molecular flexibility index (Phi) is 6.15. The SMILES string of the molecule is CCC1CCNC1.CNC1CCNC1. The predicted octanol–water partition coefficient (Wildman–Crippen LogP) is 0.574. The molecule has 2 fully saturated rings. The molecule has 0 radical (unpaired) electrons. The van der Waals surface area contributed by atoms with Crippen molar-refractivity contribution in [2.45, 2.75) is 32.2 Å². The Morgan fingerprint density at radius 2 is 1.86 bits per heavy atom. The summed E-state index contributed by atoms with van der Waals surface area (Å²) in [5.41, 5.74) is 0. The van der Waals surface area contributed by atoms with E-state index in [1.54, 1.807) is 0 Å². The van der Waals surface area contributed by atoms with Gasteiger partial charge in [-0.05, 0) is 45.4 Å². The van der Waals surface area contributed by atoms with Crippen LogP contribution in [0.5, 0.6) is 0 Å². The summed E-state index contributed by atoms with van der Waals surface area (Å²) < 4.78 is 0. The van der Waals surface area contributed by atoms with E-state index < -0.39 is 0 Å². The van der Waals surface area contributed by atoms with E-state index in [0.29, 0.717) is 0 Å². The molecule has 2 unspecified atom stereocenters. The van der Waals surface area contributed by atoms with Crippen molar-refractivity contribution in [3.8, 4) is 0 Å². The van der Waals surface area contributed by atoms with Gasteiger partial charge in [0, 0.05) is 12.6 Å². The van der Waals surface area contributed by atoms with Crippen molar-refractivity contribution in [1.29, 1.82) is 0 Å². The molecule has 84 valence electrons. The van der Waals surface area contributed by atoms with Gasteiger partial charge >= 0.3 is 0 Å². The molecule has 14 heavy (non-hydrogen) atoms. The minimum absolute atomic E-state index is 0.736. The number of likely N-dealkylation sites (N-methyl/N-ethyl adjacent to an activating group) is 1. The first kappa shape index (κ1) is 12.0. The van der Waals surface area contributed by atoms with Gasteiger partial charge in [0.05, 0.1) is 0 Å². The lowest BCUT2D eigenvalue weighted by Crippen LogP contribution is -2.26. The lowest BCUT2D eigenvalue weighted by molar-refractivity contribution is 0.563. The Hall–Kier alpha value is -0.120. The fourth-order valence-electron chi connectivity index (χ4n) is 1.96. The van der Waals surface area contributed by atoms with Crippen LogP contribution < -0.4 is 16.0 Å². The normalized spacial score (nSPS) is 31.3. The summed E-state index contributed by atoms with van der Waals surface area (Å²) in [4.78, 5) is 0. The van der Waals surface area contributed by atoms with Crippen LogP contribution in [0.3, 0.4) is 0 Å². The lowest BCUT2D eigenvalue weighted by atomic mass is 10.1. The van der Waals surface area contributed by atoms with E-state index in [0.717, 1.165) is 18.5 Å². The highest BCUT2D eigenvalue weighted by molar-refractivity contribution is 4.74. The molecule has 3 N–H and O–H groups in total. The van der Waals surface area contributed by atoms with Crippen molar-refractivity contribution >= 4 is 0 Å². The third-order valence-electron chi connectivity index (χ3n) is 3.21. The minimum atomic E-state index is 0.736. The fraction of sp³-hybridized carbons (Fsp3) is 1.00. The number of hydrogen-bond acceptors (Lipinski definition) is 3. The molecule has 0 aliphatic carbocycles. The number of rotatable bonds is 2. The molecule has 2 aliphatic heterocycles. The Balaban J connectivity index is 0.000000140. The van der Waals surface area contributed by atoms with Crippen LogP contribution in [-0.4, -0.2) is 39.3 Å². The van der Waals surface area contributed by atoms with E-state index in [4.69, 9.17) is 0 Å². The lowest BCUT2D eigenvalue weighted by Gasteiger charge is -2.02. The van der Waals surface area contributed by atoms with Gasteiger partial charge in [-0.15, -0.1) is 0 Å². The van der Waals surface area contributed by atoms with Crippen molar-refractivity contribution in [2.75, 3.05) is 33.2 Å². The van der Waals surface area contributed by atoms with Gasteiger partial charge in [0.25, 0.3) is 0 Å². The van der Waals surface area contributed by atoms with Gasteiger partial charge in [-0.25, -0.2) is 0 Å². The minimum Gasteiger partial charge on any atom is -0.316 e. The zero-order chi connectivity index (χ0) is 10.2. The molecule has 0 amide bonds. The molecule has 0 bridgehead atoms. The molecular formula is C11H25N3. The highest BCUT2D eigenvalue weighted by atomic mass is 15.0. The monoisotopic (exact) mass is 199 g/mol. The van der Waals surface area contributed by atoms with Gasteiger partial charge in [-0.2, -0.15) is 0 Å². The van der Waals surface area contributed by atoms with Crippen LogP contribution in [0, 0.1) is 5.92 Å². The largest absolute Gasteiger partial charge is 0.316 e. The Morgan fingerprint density at radius 1 is 1.14 bits per heavy atom. The maximum atomic E-state index is 3.32. The van der Waals surface area contributed by atoms with E-state index in [9.17, 15) is 0 Å². The molecule has 3 heteroatoms. The maximum Gasteiger partial charge on any atom is 0.0201 e. The topological polar surface area (TPSA) is 36.1 Å². The summed E-state index contributed by atoms with van der Waals surface area (Å²) in [6.45, 7) is 7.11. The average molecular weight is 199 g/mol. The number of nitrogens with one attached hydrogen (secondary N) is 3. The molecule has 0 spiro atoms. The second kappa shape index (κ2) is 7.21. The smallest absolute Gasteiger partial charge is 0.0201 e. The molecular weight excluding hydrogens is 174 g/mol. The van der Waals surface area contributed by atoms with Crippen molar-refractivity contribution in [3.05, 3.63) is 0 Å². The van der Waals surface area contributed by atoms with Gasteiger partial charge in [0.1, 0.15) is 0 Å². The second-order valence-corrected chi connectivity index (χ2v) is 4.25. The van der Waals surface area contributed by atoms with Gasteiger partial charge in [0.15, 0.2) is 0 Å². The van der Waals surface area contributed by atoms with E-state index >= 15 is 0 Å². The van der Waals surface area contributed by atoms with Gasteiger partial charge in [-0.3, -0.25) is 0 Å². The molecule has 2 atom stereocenters. The van der Waals surface area contributed by atoms with E-state index in [1.165, 1.54) is 38.9 Å². The molecule has 0 aromatic heterocycles. The van der Waals surface area contributed by atoms with E-state index in [1.807, 2.05) is 7.05 Å². The second-order valence-electron chi connectivity index (χ2n) is 4.25. The molecule has 0 aromatic carbocycles. The van der Waals surface area contributed by atoms with Gasteiger partial charge in [0.2, 0.25) is 0 Å². The van der Waals surface area contributed by atoms with E-state index in [-0.39, 0.29) is 0 Å². The molecule has 0 saturated carbocycles. The Bertz CT molecular complexity index is 110. The molecule has 2 saturated heterocycles. The van der Waals surface area contributed by atoms with Gasteiger partial charge < -0.3 is 16.0 Å². The summed E-state index contributed by atoms with van der Waals surface area (Å²) in [5, 5.41) is 9.79. The van der Waals surface area contributed by atoms with Gasteiger partial charge in [-0.1, -0.05) is 13.3 Å². The van der Waals surface area contributed by atoms with Crippen LogP contribution in [0.2, 0.25) is 0 Å². The van der Waals surface area contributed by atoms with Crippen molar-refractivity contribution < 1.29 is 0 Å². The molecule has 2 rings (SSSR count). The summed E-state index contributed by atoms with van der Waals surface area (Å²) in [6.07, 6.45) is 4.04. The van der Waals surface area contributed by atoms with Crippen LogP contribution in [0.15, 0.2) is 0 Å². The highest BCUT2D eigenvalue weighted by Gasteiger charge is 2.10. The van der Waals surface area contributed by atoms with Crippen LogP contribution in [0.4, 0.5) is 0 Å². The Morgan fingerprint density at radius 3 is 2.14 bits per heavy atom. The summed E-state index contributed by atoms with van der Waals surface area (Å²) in [6, 6.07) is 0.736. The first-order chi connectivity index (χ1) is 6.86. The van der Waals surface area contributed by atoms with E-state index in [2.05, 4.69) is 22.9 Å². The third-order valence-corrected chi connectivity index (χ3v) is 3.21. The summed E-state index contributed by atoms with van der Waals surface area (Å²) in [7, 11) is 2.01. The van der Waals surface area contributed by atoms with Crippen molar-refractivity contribution in [3.63, 3.8) is 0 Å². The van der Waals surface area contributed by atoms with Crippen molar-refractivity contribution in [1.82, 2.24) is 16.0 Å². The summed E-state index contributed by atoms with van der Waals surface area (Å²) in [5.74, 6) is 0.986. The average Bonchev–Trinajstić information content (AvgIpc) is 2.92. The Labute approximate surface area is 88.0 Å². The van der Waals surface area contributed by atoms with Crippen LogP contribution in [0.25, 0.3) is 0 Å². The summed E-state index contributed by atoms with van der Waals surface area (Å²) >= 11 is 0. The predicted molar refractivity (Wildman–Crippen MR) is 61.6 cm³/mol. The molecule has 3 nitrogen and oxygen atoms in total. The standard InChI is InChI=1S/C6H13N.C5H12N2/c1-2-6-3-4-7-5-6;1-6-5-2-3-7-4-5/h6-7H,2-5H2,1H3;5-7H,2-4H2,1H3. The fourth-order valence-corrected chi connectivity index (χ4v) is 1.96. The molecule has 0 aromatic rings. The highest BCUT2D eigenvalue weighted by Crippen LogP contribution is 2.09. The van der Waals surface area contributed by atoms with Crippen LogP contribution in [0.1, 0.15) is 26.2 Å². The maximum absolute atomic E-state index is 3.32. The third kappa shape index (κ3) is 4.40. The van der Waals surface area contributed by atoms with Crippen molar-refractivity contribution in [2.24, 2.45) is 5.92 Å². The first-order valence-electron chi connectivity index (χ1n) is 5.95. The zero-order valence-corrected chi connectivity index (χ0v) is 9.60. The molecule has 2 heterocycles. The first-order valence-corrected chi connectivity index (χ1v) is 5.95.